The molecule has 1 heterocycles. The molecule has 1 atom stereocenters. The Labute approximate surface area is 255 Å². The van der Waals surface area contributed by atoms with Gasteiger partial charge in [0.2, 0.25) is 5.91 Å². The van der Waals surface area contributed by atoms with Gasteiger partial charge in [0, 0.05) is 50.7 Å². The van der Waals surface area contributed by atoms with Crippen LogP contribution < -0.4 is 9.80 Å². The summed E-state index contributed by atoms with van der Waals surface area (Å²) < 4.78 is 0. The van der Waals surface area contributed by atoms with Gasteiger partial charge in [0.15, 0.2) is 0 Å². The standard InChI is InChI=1S/C39H43N3O/c1-4-5-20-42(27(2)43)39-35-9-7-6-8-28(35)10-16-36(39)30-11-15-33-29(25-30)12-17-38-34-19-14-32(26-31(34)13-18-37(33)38)41-23-21-40(3)22-24-41/h6-10,12-14,16-19,26,30H,4-5,11,15,20-25H2,1-3H3. The van der Waals surface area contributed by atoms with E-state index in [2.05, 4.69) is 108 Å². The predicted molar refractivity (Wildman–Crippen MR) is 183 cm³/mol. The maximum Gasteiger partial charge on any atom is 0.223 e. The number of amides is 1. The maximum atomic E-state index is 13.0. The Kier molecular flexibility index (Phi) is 7.56. The van der Waals surface area contributed by atoms with E-state index in [1.165, 1.54) is 54.7 Å². The molecule has 4 heteroatoms. The zero-order chi connectivity index (χ0) is 29.5. The van der Waals surface area contributed by atoms with Crippen molar-refractivity contribution in [3.05, 3.63) is 95.6 Å². The molecule has 0 radical (unpaired) electrons. The van der Waals surface area contributed by atoms with Gasteiger partial charge in [-0.25, -0.2) is 0 Å². The molecule has 5 aromatic rings. The number of unbranched alkanes of at least 4 members (excludes halogenated alkanes) is 1. The van der Waals surface area contributed by atoms with E-state index in [9.17, 15) is 4.79 Å². The molecule has 0 aromatic heterocycles. The van der Waals surface area contributed by atoms with Crippen LogP contribution in [0.2, 0.25) is 0 Å². The molecular formula is C39H43N3O. The van der Waals surface area contributed by atoms with Crippen molar-refractivity contribution in [3.8, 4) is 0 Å². The number of fused-ring (bicyclic) bond motifs is 6. The zero-order valence-corrected chi connectivity index (χ0v) is 25.9. The molecule has 1 amide bonds. The summed E-state index contributed by atoms with van der Waals surface area (Å²) in [4.78, 5) is 20.0. The largest absolute Gasteiger partial charge is 0.369 e. The van der Waals surface area contributed by atoms with Gasteiger partial charge in [0.1, 0.15) is 0 Å². The molecule has 1 aliphatic heterocycles. The number of likely N-dealkylation sites (N-methyl/N-ethyl adjacent to an activating group) is 1. The third kappa shape index (κ3) is 5.16. The summed E-state index contributed by atoms with van der Waals surface area (Å²) in [6, 6.07) is 29.6. The lowest BCUT2D eigenvalue weighted by Crippen LogP contribution is -2.44. The summed E-state index contributed by atoms with van der Waals surface area (Å²) in [5.74, 6) is 0.524. The summed E-state index contributed by atoms with van der Waals surface area (Å²) in [5, 5.41) is 7.85. The van der Waals surface area contributed by atoms with Gasteiger partial charge < -0.3 is 14.7 Å². The fraction of sp³-hybridized carbons (Fsp3) is 0.359. The number of hydrogen-bond acceptors (Lipinski definition) is 3. The number of anilines is 2. The van der Waals surface area contributed by atoms with Gasteiger partial charge in [-0.1, -0.05) is 80.1 Å². The van der Waals surface area contributed by atoms with Crippen LogP contribution in [0.3, 0.4) is 0 Å². The second-order valence-electron chi connectivity index (χ2n) is 12.7. The average Bonchev–Trinajstić information content (AvgIpc) is 3.04. The fourth-order valence-corrected chi connectivity index (χ4v) is 7.59. The molecular weight excluding hydrogens is 526 g/mol. The Morgan fingerprint density at radius 1 is 0.837 bits per heavy atom. The van der Waals surface area contributed by atoms with E-state index in [-0.39, 0.29) is 5.91 Å². The smallest absolute Gasteiger partial charge is 0.223 e. The molecule has 1 aliphatic carbocycles. The summed E-state index contributed by atoms with van der Waals surface area (Å²) >= 11 is 0. The number of rotatable bonds is 6. The van der Waals surface area contributed by atoms with Crippen LogP contribution in [0, 0.1) is 0 Å². The minimum absolute atomic E-state index is 0.135. The number of nitrogens with zero attached hydrogens (tertiary/aromatic N) is 3. The number of aryl methyl sites for hydroxylation is 1. The maximum absolute atomic E-state index is 13.0. The summed E-state index contributed by atoms with van der Waals surface area (Å²) in [6.07, 6.45) is 5.24. The highest BCUT2D eigenvalue weighted by atomic mass is 16.2. The van der Waals surface area contributed by atoms with Gasteiger partial charge >= 0.3 is 0 Å². The van der Waals surface area contributed by atoms with Gasteiger partial charge in [-0.3, -0.25) is 4.79 Å². The van der Waals surface area contributed by atoms with E-state index in [0.717, 1.165) is 70.5 Å². The molecule has 1 unspecified atom stereocenters. The Balaban J connectivity index is 1.24. The Morgan fingerprint density at radius 2 is 1.60 bits per heavy atom. The van der Waals surface area contributed by atoms with Crippen molar-refractivity contribution in [2.45, 2.75) is 51.9 Å². The quantitative estimate of drug-likeness (QED) is 0.192. The normalized spacial score (nSPS) is 17.5. The van der Waals surface area contributed by atoms with Crippen molar-refractivity contribution in [1.82, 2.24) is 4.90 Å². The lowest BCUT2D eigenvalue weighted by Gasteiger charge is -2.34. The molecule has 0 bridgehead atoms. The number of hydrogen-bond donors (Lipinski definition) is 0. The molecule has 43 heavy (non-hydrogen) atoms. The highest BCUT2D eigenvalue weighted by Crippen LogP contribution is 2.43. The van der Waals surface area contributed by atoms with E-state index in [1.807, 2.05) is 0 Å². The van der Waals surface area contributed by atoms with Crippen LogP contribution in [0.25, 0.3) is 32.3 Å². The molecule has 0 spiro atoms. The van der Waals surface area contributed by atoms with Crippen LogP contribution in [0.5, 0.6) is 0 Å². The topological polar surface area (TPSA) is 26.8 Å². The predicted octanol–water partition coefficient (Wildman–Crippen LogP) is 8.32. The van der Waals surface area contributed by atoms with Crippen molar-refractivity contribution in [3.63, 3.8) is 0 Å². The van der Waals surface area contributed by atoms with E-state index >= 15 is 0 Å². The third-order valence-electron chi connectivity index (χ3n) is 10.0. The van der Waals surface area contributed by atoms with E-state index in [4.69, 9.17) is 0 Å². The van der Waals surface area contributed by atoms with E-state index < -0.39 is 0 Å². The SMILES string of the molecule is CCCCN(C(C)=O)c1c(C2CCc3c(ccc4c3ccc3cc(N5CCN(C)CC5)ccc34)C2)ccc2ccccc12. The zero-order valence-electron chi connectivity index (χ0n) is 25.9. The number of piperazine rings is 1. The van der Waals surface area contributed by atoms with Crippen molar-refractivity contribution >= 4 is 49.6 Å². The Hall–Kier alpha value is -3.89. The molecule has 1 saturated heterocycles. The molecule has 0 saturated carbocycles. The molecule has 0 N–H and O–H groups in total. The first kappa shape index (κ1) is 27.9. The van der Waals surface area contributed by atoms with E-state index in [1.54, 1.807) is 6.92 Å². The summed E-state index contributed by atoms with van der Waals surface area (Å²) in [5.41, 5.74) is 6.77. The third-order valence-corrected chi connectivity index (χ3v) is 10.0. The number of carbonyl (C=O) groups excluding carboxylic acids is 1. The minimum atomic E-state index is 0.135. The van der Waals surface area contributed by atoms with Crippen molar-refractivity contribution in [2.75, 3.05) is 49.6 Å². The number of carbonyl (C=O) groups is 1. The van der Waals surface area contributed by atoms with Crippen LogP contribution in [0.4, 0.5) is 11.4 Å². The molecule has 220 valence electrons. The van der Waals surface area contributed by atoms with Crippen molar-refractivity contribution in [2.24, 2.45) is 0 Å². The second kappa shape index (κ2) is 11.7. The molecule has 2 aliphatic rings. The first-order chi connectivity index (χ1) is 21.0. The van der Waals surface area contributed by atoms with Crippen LogP contribution in [-0.4, -0.2) is 50.6 Å². The molecule has 4 nitrogen and oxygen atoms in total. The average molecular weight is 570 g/mol. The van der Waals surface area contributed by atoms with Gasteiger partial charge in [0.25, 0.3) is 0 Å². The van der Waals surface area contributed by atoms with Gasteiger partial charge in [-0.05, 0) is 94.4 Å². The fourth-order valence-electron chi connectivity index (χ4n) is 7.59. The van der Waals surface area contributed by atoms with E-state index in [0.29, 0.717) is 5.92 Å². The highest BCUT2D eigenvalue weighted by Gasteiger charge is 2.27. The van der Waals surface area contributed by atoms with Crippen LogP contribution in [0.1, 0.15) is 55.7 Å². The highest BCUT2D eigenvalue weighted by molar-refractivity contribution is 6.10. The molecule has 7 rings (SSSR count). The summed E-state index contributed by atoms with van der Waals surface area (Å²) in [6.45, 7) is 9.11. The van der Waals surface area contributed by atoms with Gasteiger partial charge in [-0.15, -0.1) is 0 Å². The Morgan fingerprint density at radius 3 is 2.42 bits per heavy atom. The first-order valence-electron chi connectivity index (χ1n) is 16.2. The summed E-state index contributed by atoms with van der Waals surface area (Å²) in [7, 11) is 2.21. The Bertz CT molecular complexity index is 1820. The van der Waals surface area contributed by atoms with Crippen molar-refractivity contribution < 1.29 is 4.79 Å². The number of benzene rings is 5. The van der Waals surface area contributed by atoms with Crippen LogP contribution in [-0.2, 0) is 17.6 Å². The van der Waals surface area contributed by atoms with Gasteiger partial charge in [0.05, 0.1) is 5.69 Å². The lowest BCUT2D eigenvalue weighted by atomic mass is 9.77. The second-order valence-corrected chi connectivity index (χ2v) is 12.7. The van der Waals surface area contributed by atoms with Crippen molar-refractivity contribution in [1.29, 1.82) is 0 Å². The lowest BCUT2D eigenvalue weighted by molar-refractivity contribution is -0.116. The van der Waals surface area contributed by atoms with Crippen LogP contribution >= 0.6 is 0 Å². The monoisotopic (exact) mass is 569 g/mol. The van der Waals surface area contributed by atoms with Gasteiger partial charge in [-0.2, -0.15) is 0 Å². The molecule has 1 fully saturated rings. The first-order valence-corrected chi connectivity index (χ1v) is 16.2. The van der Waals surface area contributed by atoms with Crippen LogP contribution in [0.15, 0.2) is 78.9 Å². The minimum Gasteiger partial charge on any atom is -0.369 e. The molecule has 5 aromatic carbocycles.